The summed E-state index contributed by atoms with van der Waals surface area (Å²) in [6.07, 6.45) is 0. The lowest BCUT2D eigenvalue weighted by atomic mass is 10.2. The van der Waals surface area contributed by atoms with Crippen molar-refractivity contribution in [2.75, 3.05) is 13.1 Å². The molecule has 0 rings (SSSR count). The summed E-state index contributed by atoms with van der Waals surface area (Å²) in [5, 5.41) is 5.38. The molecular formula is C9H17BrN2O2. The highest BCUT2D eigenvalue weighted by Crippen LogP contribution is 1.95. The third kappa shape index (κ3) is 5.96. The van der Waals surface area contributed by atoms with Crippen molar-refractivity contribution >= 4 is 27.7 Å². The summed E-state index contributed by atoms with van der Waals surface area (Å²) in [4.78, 5) is 21.9. The summed E-state index contributed by atoms with van der Waals surface area (Å²) in [7, 11) is 0. The van der Waals surface area contributed by atoms with Gasteiger partial charge in [0.05, 0.1) is 4.83 Å². The molecule has 1 unspecified atom stereocenters. The van der Waals surface area contributed by atoms with Gasteiger partial charge >= 0.3 is 0 Å². The van der Waals surface area contributed by atoms with Crippen LogP contribution in [0.15, 0.2) is 0 Å². The van der Waals surface area contributed by atoms with Crippen LogP contribution in [0.2, 0.25) is 0 Å². The molecule has 14 heavy (non-hydrogen) atoms. The van der Waals surface area contributed by atoms with E-state index in [2.05, 4.69) is 26.6 Å². The van der Waals surface area contributed by atoms with Gasteiger partial charge in [0, 0.05) is 19.0 Å². The first kappa shape index (κ1) is 13.4. The average Bonchev–Trinajstić information content (AvgIpc) is 2.11. The first-order chi connectivity index (χ1) is 6.45. The molecule has 82 valence electrons. The molecular weight excluding hydrogens is 248 g/mol. The molecule has 0 saturated carbocycles. The smallest absolute Gasteiger partial charge is 0.233 e. The number of nitrogens with one attached hydrogen (secondary N) is 2. The second-order valence-corrected chi connectivity index (χ2v) is 4.73. The van der Waals surface area contributed by atoms with Gasteiger partial charge in [0.25, 0.3) is 0 Å². The van der Waals surface area contributed by atoms with Crippen LogP contribution in [0.25, 0.3) is 0 Å². The van der Waals surface area contributed by atoms with Crippen LogP contribution >= 0.6 is 15.9 Å². The maximum atomic E-state index is 11.1. The number of carbonyl (C=O) groups excluding carboxylic acids is 2. The molecule has 0 fully saturated rings. The first-order valence-corrected chi connectivity index (χ1v) is 5.56. The van der Waals surface area contributed by atoms with Gasteiger partial charge in [0.2, 0.25) is 11.8 Å². The van der Waals surface area contributed by atoms with Crippen molar-refractivity contribution in [2.24, 2.45) is 5.92 Å². The van der Waals surface area contributed by atoms with Crippen LogP contribution < -0.4 is 10.6 Å². The van der Waals surface area contributed by atoms with E-state index in [1.54, 1.807) is 6.92 Å². The van der Waals surface area contributed by atoms with Crippen molar-refractivity contribution in [1.29, 1.82) is 0 Å². The van der Waals surface area contributed by atoms with Gasteiger partial charge < -0.3 is 10.6 Å². The molecule has 4 nitrogen and oxygen atoms in total. The highest BCUT2D eigenvalue weighted by atomic mass is 79.9. The van der Waals surface area contributed by atoms with E-state index in [9.17, 15) is 9.59 Å². The van der Waals surface area contributed by atoms with E-state index >= 15 is 0 Å². The second-order valence-electron chi connectivity index (χ2n) is 3.35. The van der Waals surface area contributed by atoms with Crippen LogP contribution in [0.4, 0.5) is 0 Å². The van der Waals surface area contributed by atoms with Crippen LogP contribution in [0.1, 0.15) is 20.8 Å². The first-order valence-electron chi connectivity index (χ1n) is 4.64. The Labute approximate surface area is 92.9 Å². The zero-order chi connectivity index (χ0) is 11.1. The summed E-state index contributed by atoms with van der Waals surface area (Å²) in [5.41, 5.74) is 0. The largest absolute Gasteiger partial charge is 0.354 e. The molecule has 0 radical (unpaired) electrons. The molecule has 0 heterocycles. The highest BCUT2D eigenvalue weighted by Gasteiger charge is 2.08. The SMILES string of the molecule is CC(C)C(=O)NCCNC(=O)C(C)Br. The van der Waals surface area contributed by atoms with E-state index < -0.39 is 0 Å². The quantitative estimate of drug-likeness (QED) is 0.566. The fourth-order valence-electron chi connectivity index (χ4n) is 0.716. The Bertz CT molecular complexity index is 183. The number of hydrogen-bond donors (Lipinski definition) is 2. The van der Waals surface area contributed by atoms with Gasteiger partial charge in [0.1, 0.15) is 0 Å². The van der Waals surface area contributed by atoms with Crippen molar-refractivity contribution in [3.63, 3.8) is 0 Å². The van der Waals surface area contributed by atoms with Crippen LogP contribution in [-0.4, -0.2) is 29.7 Å². The van der Waals surface area contributed by atoms with E-state index in [-0.39, 0.29) is 22.6 Å². The number of alkyl halides is 1. The van der Waals surface area contributed by atoms with Gasteiger partial charge in [0.15, 0.2) is 0 Å². The summed E-state index contributed by atoms with van der Waals surface area (Å²) in [6, 6.07) is 0. The van der Waals surface area contributed by atoms with Crippen molar-refractivity contribution < 1.29 is 9.59 Å². The summed E-state index contributed by atoms with van der Waals surface area (Å²) >= 11 is 3.14. The van der Waals surface area contributed by atoms with Crippen LogP contribution in [0.5, 0.6) is 0 Å². The van der Waals surface area contributed by atoms with Crippen LogP contribution in [0.3, 0.4) is 0 Å². The number of rotatable bonds is 5. The van der Waals surface area contributed by atoms with Crippen LogP contribution in [-0.2, 0) is 9.59 Å². The molecule has 0 spiro atoms. The maximum Gasteiger partial charge on any atom is 0.233 e. The van der Waals surface area contributed by atoms with Gasteiger partial charge in [-0.1, -0.05) is 29.8 Å². The molecule has 0 aromatic carbocycles. The lowest BCUT2D eigenvalue weighted by Crippen LogP contribution is -2.38. The Morgan fingerprint density at radius 2 is 1.50 bits per heavy atom. The summed E-state index contributed by atoms with van der Waals surface area (Å²) in [5.74, 6) is -0.0734. The Morgan fingerprint density at radius 3 is 1.86 bits per heavy atom. The number of amides is 2. The predicted molar refractivity (Wildman–Crippen MR) is 59.2 cm³/mol. The Kier molecular flexibility index (Phi) is 6.53. The Morgan fingerprint density at radius 1 is 1.07 bits per heavy atom. The van der Waals surface area contributed by atoms with Crippen molar-refractivity contribution in [2.45, 2.75) is 25.6 Å². The highest BCUT2D eigenvalue weighted by molar-refractivity contribution is 9.10. The molecule has 0 bridgehead atoms. The Balaban J connectivity index is 3.48. The summed E-state index contributed by atoms with van der Waals surface area (Å²) < 4.78 is 0. The predicted octanol–water partition coefficient (Wildman–Crippen LogP) is 0.658. The second kappa shape index (κ2) is 6.81. The van der Waals surface area contributed by atoms with Gasteiger partial charge in [-0.15, -0.1) is 0 Å². The maximum absolute atomic E-state index is 11.1. The minimum absolute atomic E-state index is 0.00568. The lowest BCUT2D eigenvalue weighted by molar-refractivity contribution is -0.124. The van der Waals surface area contributed by atoms with E-state index in [0.29, 0.717) is 13.1 Å². The standard InChI is InChI=1S/C9H17BrN2O2/c1-6(2)8(13)11-4-5-12-9(14)7(3)10/h6-7H,4-5H2,1-3H3,(H,11,13)(H,12,14). The van der Waals surface area contributed by atoms with E-state index in [1.807, 2.05) is 13.8 Å². The lowest BCUT2D eigenvalue weighted by Gasteiger charge is -2.09. The zero-order valence-corrected chi connectivity index (χ0v) is 10.3. The molecule has 0 aliphatic heterocycles. The average molecular weight is 265 g/mol. The molecule has 0 aliphatic carbocycles. The number of carbonyl (C=O) groups is 2. The zero-order valence-electron chi connectivity index (χ0n) is 8.76. The number of halogens is 1. The van der Waals surface area contributed by atoms with E-state index in [1.165, 1.54) is 0 Å². The van der Waals surface area contributed by atoms with Crippen molar-refractivity contribution in [3.8, 4) is 0 Å². The van der Waals surface area contributed by atoms with Gasteiger partial charge in [-0.05, 0) is 6.92 Å². The number of hydrogen-bond acceptors (Lipinski definition) is 2. The minimum Gasteiger partial charge on any atom is -0.354 e. The fraction of sp³-hybridized carbons (Fsp3) is 0.778. The molecule has 2 N–H and O–H groups in total. The molecule has 0 aliphatic rings. The normalized spacial score (nSPS) is 12.4. The van der Waals surface area contributed by atoms with Crippen molar-refractivity contribution in [3.05, 3.63) is 0 Å². The molecule has 5 heteroatoms. The Hall–Kier alpha value is -0.580. The third-order valence-corrected chi connectivity index (χ3v) is 2.02. The fourth-order valence-corrected chi connectivity index (χ4v) is 0.878. The molecule has 0 saturated heterocycles. The monoisotopic (exact) mass is 264 g/mol. The van der Waals surface area contributed by atoms with Gasteiger partial charge in [-0.3, -0.25) is 9.59 Å². The van der Waals surface area contributed by atoms with E-state index in [4.69, 9.17) is 0 Å². The third-order valence-electron chi connectivity index (χ3n) is 1.61. The van der Waals surface area contributed by atoms with Gasteiger partial charge in [-0.25, -0.2) is 0 Å². The molecule has 0 aromatic heterocycles. The topological polar surface area (TPSA) is 58.2 Å². The summed E-state index contributed by atoms with van der Waals surface area (Å²) in [6.45, 7) is 6.35. The van der Waals surface area contributed by atoms with Gasteiger partial charge in [-0.2, -0.15) is 0 Å². The van der Waals surface area contributed by atoms with Crippen LogP contribution in [0, 0.1) is 5.92 Å². The minimum atomic E-state index is -0.191. The molecule has 2 amide bonds. The molecule has 1 atom stereocenters. The van der Waals surface area contributed by atoms with Crippen molar-refractivity contribution in [1.82, 2.24) is 10.6 Å². The molecule has 0 aromatic rings. The van der Waals surface area contributed by atoms with E-state index in [0.717, 1.165) is 0 Å².